The summed E-state index contributed by atoms with van der Waals surface area (Å²) in [5.74, 6) is -2.33. The van der Waals surface area contributed by atoms with Crippen LogP contribution in [0, 0.1) is 5.82 Å². The van der Waals surface area contributed by atoms with Crippen molar-refractivity contribution in [3.8, 4) is 0 Å². The van der Waals surface area contributed by atoms with Crippen molar-refractivity contribution < 1.29 is 37.0 Å². The molecule has 1 unspecified atom stereocenters. The van der Waals surface area contributed by atoms with Crippen LogP contribution in [0.25, 0.3) is 0 Å². The van der Waals surface area contributed by atoms with E-state index in [0.717, 1.165) is 17.0 Å². The van der Waals surface area contributed by atoms with Gasteiger partial charge in [-0.05, 0) is 24.3 Å². The highest BCUT2D eigenvalue weighted by Gasteiger charge is 2.58. The number of ether oxygens (including phenoxy) is 3. The highest BCUT2D eigenvalue weighted by atomic mass is 19.3. The molecule has 1 atom stereocenters. The molecule has 0 aromatic heterocycles. The van der Waals surface area contributed by atoms with E-state index in [1.54, 1.807) is 0 Å². The van der Waals surface area contributed by atoms with E-state index in [1.165, 1.54) is 17.0 Å². The molecule has 3 saturated heterocycles. The lowest BCUT2D eigenvalue weighted by Gasteiger charge is -2.45. The van der Waals surface area contributed by atoms with Crippen molar-refractivity contribution in [3.05, 3.63) is 30.1 Å². The summed E-state index contributed by atoms with van der Waals surface area (Å²) in [5.41, 5.74) is -1.51. The Bertz CT molecular complexity index is 819. The van der Waals surface area contributed by atoms with Gasteiger partial charge in [-0.3, -0.25) is 19.2 Å². The molecule has 11 heteroatoms. The number of halogens is 3. The SMILES string of the molecule is O=C(CN1CCOCC1)N1CCOCC2(C1)CN(c1ccc(F)cc1)C(=O)C(F)(F)O2. The third kappa shape index (κ3) is 4.84. The fraction of sp³-hybridized carbons (Fsp3) is 0.600. The minimum atomic E-state index is -4.11. The molecule has 3 fully saturated rings. The molecule has 31 heavy (non-hydrogen) atoms. The second-order valence-electron chi connectivity index (χ2n) is 7.93. The molecule has 1 aromatic carbocycles. The summed E-state index contributed by atoms with van der Waals surface area (Å²) in [7, 11) is 0. The van der Waals surface area contributed by atoms with E-state index in [-0.39, 0.29) is 51.0 Å². The standard InChI is InChI=1S/C20H24F3N3O5/c21-15-1-3-16(4-2-15)26-13-19(31-20(22,23)18(26)28)12-25(7-10-30-14-19)17(27)11-24-5-8-29-9-6-24/h1-4H,5-14H2. The van der Waals surface area contributed by atoms with Gasteiger partial charge in [0.05, 0.1) is 46.1 Å². The van der Waals surface area contributed by atoms with Gasteiger partial charge in [0.15, 0.2) is 0 Å². The number of hydrogen-bond acceptors (Lipinski definition) is 6. The minimum absolute atomic E-state index is 0.115. The predicted octanol–water partition coefficient (Wildman–Crippen LogP) is 0.712. The molecule has 2 amide bonds. The normalized spacial score (nSPS) is 27.4. The smallest absolute Gasteiger partial charge is 0.379 e. The second kappa shape index (κ2) is 8.73. The topological polar surface area (TPSA) is 71.6 Å². The van der Waals surface area contributed by atoms with Gasteiger partial charge in [0.2, 0.25) is 5.91 Å². The van der Waals surface area contributed by atoms with Gasteiger partial charge >= 0.3 is 12.0 Å². The molecule has 1 spiro atoms. The van der Waals surface area contributed by atoms with Crippen LogP contribution in [0.15, 0.2) is 24.3 Å². The van der Waals surface area contributed by atoms with E-state index in [0.29, 0.717) is 26.3 Å². The van der Waals surface area contributed by atoms with Crippen molar-refractivity contribution in [1.29, 1.82) is 0 Å². The molecule has 170 valence electrons. The Morgan fingerprint density at radius 1 is 1.00 bits per heavy atom. The van der Waals surface area contributed by atoms with E-state index < -0.39 is 23.4 Å². The molecule has 0 saturated carbocycles. The van der Waals surface area contributed by atoms with Gasteiger partial charge < -0.3 is 19.3 Å². The Balaban J connectivity index is 1.55. The number of nitrogens with zero attached hydrogens (tertiary/aromatic N) is 3. The fourth-order valence-corrected chi connectivity index (χ4v) is 4.02. The van der Waals surface area contributed by atoms with E-state index >= 15 is 0 Å². The molecule has 8 nitrogen and oxygen atoms in total. The number of benzene rings is 1. The van der Waals surface area contributed by atoms with E-state index in [2.05, 4.69) is 0 Å². The molecule has 3 aliphatic rings. The summed E-state index contributed by atoms with van der Waals surface area (Å²) in [6, 6.07) is 4.68. The van der Waals surface area contributed by atoms with Crippen LogP contribution in [-0.2, 0) is 23.8 Å². The van der Waals surface area contributed by atoms with Gasteiger partial charge in [-0.2, -0.15) is 8.78 Å². The third-order valence-corrected chi connectivity index (χ3v) is 5.59. The first-order valence-corrected chi connectivity index (χ1v) is 10.1. The molecule has 1 aromatic rings. The van der Waals surface area contributed by atoms with Gasteiger partial charge in [-0.25, -0.2) is 4.39 Å². The number of amides is 2. The lowest BCUT2D eigenvalue weighted by Crippen LogP contribution is -2.67. The Morgan fingerprint density at radius 3 is 2.39 bits per heavy atom. The maximum absolute atomic E-state index is 14.6. The van der Waals surface area contributed by atoms with Crippen molar-refractivity contribution in [2.45, 2.75) is 11.7 Å². The molecule has 3 aliphatic heterocycles. The molecule has 0 bridgehead atoms. The largest absolute Gasteiger partial charge is 0.437 e. The van der Waals surface area contributed by atoms with Crippen LogP contribution < -0.4 is 4.90 Å². The van der Waals surface area contributed by atoms with E-state index in [1.807, 2.05) is 4.90 Å². The molecule has 3 heterocycles. The van der Waals surface area contributed by atoms with Gasteiger partial charge in [0.1, 0.15) is 11.4 Å². The average molecular weight is 443 g/mol. The van der Waals surface area contributed by atoms with Crippen molar-refractivity contribution in [3.63, 3.8) is 0 Å². The summed E-state index contributed by atoms with van der Waals surface area (Å²) in [4.78, 5) is 29.5. The average Bonchev–Trinajstić information content (AvgIpc) is 2.94. The predicted molar refractivity (Wildman–Crippen MR) is 102 cm³/mol. The fourth-order valence-electron chi connectivity index (χ4n) is 4.02. The van der Waals surface area contributed by atoms with Crippen LogP contribution in [0.2, 0.25) is 0 Å². The van der Waals surface area contributed by atoms with Crippen LogP contribution in [0.3, 0.4) is 0 Å². The monoisotopic (exact) mass is 443 g/mol. The highest BCUT2D eigenvalue weighted by molar-refractivity contribution is 5.98. The number of rotatable bonds is 3. The van der Waals surface area contributed by atoms with Gasteiger partial charge in [-0.15, -0.1) is 0 Å². The summed E-state index contributed by atoms with van der Waals surface area (Å²) in [6.07, 6.45) is -4.11. The Hall–Kier alpha value is -2.21. The number of morpholine rings is 2. The Morgan fingerprint density at radius 2 is 1.68 bits per heavy atom. The third-order valence-electron chi connectivity index (χ3n) is 5.59. The number of hydrogen-bond donors (Lipinski definition) is 0. The number of carbonyl (C=O) groups excluding carboxylic acids is 2. The second-order valence-corrected chi connectivity index (χ2v) is 7.93. The lowest BCUT2D eigenvalue weighted by molar-refractivity contribution is -0.293. The van der Waals surface area contributed by atoms with Crippen LogP contribution in [-0.4, -0.2) is 99.0 Å². The molecule has 0 aliphatic carbocycles. The Labute approximate surface area is 177 Å². The number of alkyl halides is 2. The maximum Gasteiger partial charge on any atom is 0.437 e. The van der Waals surface area contributed by atoms with Crippen LogP contribution in [0.1, 0.15) is 0 Å². The van der Waals surface area contributed by atoms with Crippen LogP contribution in [0.4, 0.5) is 18.9 Å². The number of carbonyl (C=O) groups is 2. The zero-order valence-electron chi connectivity index (χ0n) is 16.9. The van der Waals surface area contributed by atoms with Crippen molar-refractivity contribution in [2.24, 2.45) is 0 Å². The molecular weight excluding hydrogens is 419 g/mol. The summed E-state index contributed by atoms with van der Waals surface area (Å²) in [5, 5.41) is 0. The first-order valence-electron chi connectivity index (χ1n) is 10.1. The summed E-state index contributed by atoms with van der Waals surface area (Å²) < 4.78 is 58.3. The lowest BCUT2D eigenvalue weighted by atomic mass is 10.00. The summed E-state index contributed by atoms with van der Waals surface area (Å²) in [6.45, 7) is 2.19. The number of anilines is 1. The molecule has 4 rings (SSSR count). The quantitative estimate of drug-likeness (QED) is 0.686. The van der Waals surface area contributed by atoms with Crippen molar-refractivity contribution in [2.75, 3.05) is 70.6 Å². The molecule has 0 radical (unpaired) electrons. The van der Waals surface area contributed by atoms with E-state index in [4.69, 9.17) is 14.2 Å². The van der Waals surface area contributed by atoms with Gasteiger partial charge in [0, 0.05) is 25.3 Å². The molecule has 0 N–H and O–H groups in total. The van der Waals surface area contributed by atoms with E-state index in [9.17, 15) is 22.8 Å². The van der Waals surface area contributed by atoms with Crippen LogP contribution in [0.5, 0.6) is 0 Å². The Kier molecular flexibility index (Phi) is 6.20. The first kappa shape index (κ1) is 22.0. The minimum Gasteiger partial charge on any atom is -0.379 e. The van der Waals surface area contributed by atoms with Crippen molar-refractivity contribution in [1.82, 2.24) is 9.80 Å². The maximum atomic E-state index is 14.6. The molecular formula is C20H24F3N3O5. The van der Waals surface area contributed by atoms with Gasteiger partial charge in [0.25, 0.3) is 0 Å². The van der Waals surface area contributed by atoms with Crippen molar-refractivity contribution >= 4 is 17.5 Å². The summed E-state index contributed by atoms with van der Waals surface area (Å²) >= 11 is 0. The van der Waals surface area contributed by atoms with Gasteiger partial charge in [-0.1, -0.05) is 0 Å². The zero-order valence-corrected chi connectivity index (χ0v) is 16.9. The zero-order chi connectivity index (χ0) is 22.1. The highest BCUT2D eigenvalue weighted by Crippen LogP contribution is 2.37. The van der Waals surface area contributed by atoms with Crippen LogP contribution >= 0.6 is 0 Å². The first-order chi connectivity index (χ1) is 14.8.